The van der Waals surface area contributed by atoms with Crippen molar-refractivity contribution in [2.24, 2.45) is 0 Å². The summed E-state index contributed by atoms with van der Waals surface area (Å²) in [6.45, 7) is 4.45. The second kappa shape index (κ2) is 7.46. The molecule has 1 atom stereocenters. The Bertz CT molecular complexity index is 1170. The first-order chi connectivity index (χ1) is 14.3. The first-order valence-electron chi connectivity index (χ1n) is 9.73. The second-order valence-electron chi connectivity index (χ2n) is 7.72. The minimum atomic E-state index is -0.799. The number of likely N-dealkylation sites (tertiary alicyclic amines) is 1. The van der Waals surface area contributed by atoms with Gasteiger partial charge in [-0.3, -0.25) is 14.0 Å². The number of nitrogens with zero attached hydrogens (tertiary/aromatic N) is 4. The average Bonchev–Trinajstić information content (AvgIpc) is 3.34. The summed E-state index contributed by atoms with van der Waals surface area (Å²) >= 11 is 0. The molecule has 8 nitrogen and oxygen atoms in total. The average molecular weight is 408 g/mol. The Balaban J connectivity index is 1.91. The van der Waals surface area contributed by atoms with Crippen molar-refractivity contribution in [3.63, 3.8) is 0 Å². The van der Waals surface area contributed by atoms with Crippen molar-refractivity contribution in [2.45, 2.75) is 19.9 Å². The minimum Gasteiger partial charge on any atom is -0.505 e. The van der Waals surface area contributed by atoms with E-state index in [1.54, 1.807) is 36.6 Å². The van der Waals surface area contributed by atoms with Crippen molar-refractivity contribution in [2.75, 3.05) is 27.2 Å². The van der Waals surface area contributed by atoms with Crippen LogP contribution < -0.4 is 0 Å². The Kier molecular flexibility index (Phi) is 4.95. The van der Waals surface area contributed by atoms with Gasteiger partial charge in [0.2, 0.25) is 0 Å². The topological polar surface area (TPSA) is 91.3 Å². The highest BCUT2D eigenvalue weighted by molar-refractivity contribution is 6.46. The Morgan fingerprint density at radius 3 is 2.63 bits per heavy atom. The summed E-state index contributed by atoms with van der Waals surface area (Å²) in [6, 6.07) is 8.19. The normalized spacial score (nSPS) is 18.8. The number of furan rings is 1. The van der Waals surface area contributed by atoms with Crippen molar-refractivity contribution < 1.29 is 19.1 Å². The molecule has 0 radical (unpaired) electrons. The SMILES string of the molecule is Cc1ccc(C2/C(=C(/O)c3c(C)nc4ccccn34)C(=O)C(=O)N2CCN(C)C)o1. The zero-order valence-corrected chi connectivity index (χ0v) is 17.4. The molecule has 0 spiro atoms. The number of aromatic nitrogens is 2. The van der Waals surface area contributed by atoms with E-state index >= 15 is 0 Å². The summed E-state index contributed by atoms with van der Waals surface area (Å²) in [4.78, 5) is 33.8. The molecule has 1 aliphatic heterocycles. The van der Waals surface area contributed by atoms with Gasteiger partial charge >= 0.3 is 0 Å². The van der Waals surface area contributed by atoms with Gasteiger partial charge in [-0.05, 0) is 52.2 Å². The lowest BCUT2D eigenvalue weighted by molar-refractivity contribution is -0.140. The van der Waals surface area contributed by atoms with E-state index < -0.39 is 17.7 Å². The number of hydrogen-bond donors (Lipinski definition) is 1. The van der Waals surface area contributed by atoms with Crippen LogP contribution in [-0.2, 0) is 9.59 Å². The number of aryl methyl sites for hydroxylation is 2. The summed E-state index contributed by atoms with van der Waals surface area (Å²) in [5.41, 5.74) is 1.61. The molecule has 0 bridgehead atoms. The van der Waals surface area contributed by atoms with Crippen LogP contribution in [0.3, 0.4) is 0 Å². The molecule has 3 aromatic heterocycles. The highest BCUT2D eigenvalue weighted by Gasteiger charge is 2.47. The van der Waals surface area contributed by atoms with Gasteiger partial charge in [0.1, 0.15) is 28.9 Å². The number of likely N-dealkylation sites (N-methyl/N-ethyl adjacent to an activating group) is 1. The molecule has 156 valence electrons. The molecular weight excluding hydrogens is 384 g/mol. The number of aliphatic hydroxyl groups excluding tert-OH is 1. The molecule has 3 aromatic rings. The number of ketones is 1. The van der Waals surface area contributed by atoms with E-state index in [9.17, 15) is 14.7 Å². The lowest BCUT2D eigenvalue weighted by atomic mass is 10.0. The third-order valence-corrected chi connectivity index (χ3v) is 5.29. The molecule has 0 saturated carbocycles. The molecule has 1 N–H and O–H groups in total. The molecule has 4 rings (SSSR count). The van der Waals surface area contributed by atoms with E-state index in [0.717, 1.165) is 0 Å². The Morgan fingerprint density at radius 1 is 1.20 bits per heavy atom. The zero-order chi connectivity index (χ0) is 21.6. The van der Waals surface area contributed by atoms with E-state index in [2.05, 4.69) is 4.98 Å². The number of pyridine rings is 1. The van der Waals surface area contributed by atoms with Crippen molar-refractivity contribution in [1.82, 2.24) is 19.2 Å². The maximum absolute atomic E-state index is 13.0. The number of carbonyl (C=O) groups excluding carboxylic acids is 2. The third kappa shape index (κ3) is 3.19. The molecule has 1 aliphatic rings. The van der Waals surface area contributed by atoms with Gasteiger partial charge in [0.25, 0.3) is 11.7 Å². The minimum absolute atomic E-state index is 0.0156. The summed E-state index contributed by atoms with van der Waals surface area (Å²) in [5.74, 6) is -0.525. The molecule has 4 heterocycles. The van der Waals surface area contributed by atoms with Gasteiger partial charge in [-0.25, -0.2) is 4.98 Å². The summed E-state index contributed by atoms with van der Waals surface area (Å²) < 4.78 is 7.50. The van der Waals surface area contributed by atoms with Crippen LogP contribution in [0, 0.1) is 13.8 Å². The Morgan fingerprint density at radius 2 is 1.97 bits per heavy atom. The number of amides is 1. The maximum atomic E-state index is 13.0. The van der Waals surface area contributed by atoms with E-state index in [1.165, 1.54) is 4.90 Å². The number of fused-ring (bicyclic) bond motifs is 1. The molecule has 30 heavy (non-hydrogen) atoms. The lowest BCUT2D eigenvalue weighted by Gasteiger charge is -2.24. The number of aliphatic hydroxyl groups is 1. The van der Waals surface area contributed by atoms with Crippen molar-refractivity contribution in [1.29, 1.82) is 0 Å². The Labute approximate surface area is 174 Å². The van der Waals surface area contributed by atoms with Crippen LogP contribution in [-0.4, -0.2) is 63.2 Å². The van der Waals surface area contributed by atoms with E-state index in [1.807, 2.05) is 37.2 Å². The predicted octanol–water partition coefficient (Wildman–Crippen LogP) is 2.53. The maximum Gasteiger partial charge on any atom is 0.295 e. The van der Waals surface area contributed by atoms with E-state index in [-0.39, 0.29) is 11.3 Å². The van der Waals surface area contributed by atoms with Gasteiger partial charge in [-0.15, -0.1) is 0 Å². The zero-order valence-electron chi connectivity index (χ0n) is 17.4. The van der Waals surface area contributed by atoms with Gasteiger partial charge in [-0.1, -0.05) is 6.07 Å². The largest absolute Gasteiger partial charge is 0.505 e. The first kappa shape index (κ1) is 19.9. The molecule has 1 amide bonds. The predicted molar refractivity (Wildman–Crippen MR) is 111 cm³/mol. The van der Waals surface area contributed by atoms with Gasteiger partial charge in [0, 0.05) is 19.3 Å². The fourth-order valence-electron chi connectivity index (χ4n) is 3.84. The highest BCUT2D eigenvalue weighted by atomic mass is 16.3. The van der Waals surface area contributed by atoms with Gasteiger partial charge in [0.05, 0.1) is 11.3 Å². The first-order valence-corrected chi connectivity index (χ1v) is 9.73. The van der Waals surface area contributed by atoms with Crippen LogP contribution in [0.4, 0.5) is 0 Å². The van der Waals surface area contributed by atoms with Crippen LogP contribution in [0.2, 0.25) is 0 Å². The number of Topliss-reactive ketones (excluding diaryl/α,β-unsaturated/α-hetero) is 1. The molecular formula is C22H24N4O4. The number of rotatable bonds is 5. The number of hydrogen-bond acceptors (Lipinski definition) is 6. The smallest absolute Gasteiger partial charge is 0.295 e. The van der Waals surface area contributed by atoms with Gasteiger partial charge < -0.3 is 19.3 Å². The monoisotopic (exact) mass is 408 g/mol. The molecule has 0 aromatic carbocycles. The molecule has 1 saturated heterocycles. The lowest BCUT2D eigenvalue weighted by Crippen LogP contribution is -2.35. The molecule has 0 aliphatic carbocycles. The van der Waals surface area contributed by atoms with Crippen LogP contribution in [0.5, 0.6) is 0 Å². The molecule has 8 heteroatoms. The second-order valence-corrected chi connectivity index (χ2v) is 7.72. The standard InChI is InChI=1S/C22H24N4O4/c1-13-8-9-15(30-13)19-17(21(28)22(29)26(19)12-11-24(3)4)20(27)18-14(2)23-16-7-5-6-10-25(16)18/h5-10,19,27H,11-12H2,1-4H3/b20-17-. The third-order valence-electron chi connectivity index (χ3n) is 5.29. The summed E-state index contributed by atoms with van der Waals surface area (Å²) in [5, 5.41) is 11.3. The van der Waals surface area contributed by atoms with Crippen LogP contribution in [0.25, 0.3) is 11.4 Å². The van der Waals surface area contributed by atoms with Crippen LogP contribution in [0.15, 0.2) is 46.5 Å². The van der Waals surface area contributed by atoms with Crippen molar-refractivity contribution in [3.8, 4) is 0 Å². The van der Waals surface area contributed by atoms with Gasteiger partial charge in [-0.2, -0.15) is 0 Å². The highest BCUT2D eigenvalue weighted by Crippen LogP contribution is 2.40. The van der Waals surface area contributed by atoms with Gasteiger partial charge in [0.15, 0.2) is 5.76 Å². The Hall–Kier alpha value is -3.39. The van der Waals surface area contributed by atoms with E-state index in [0.29, 0.717) is 41.6 Å². The number of imidazole rings is 1. The fraction of sp³-hybridized carbons (Fsp3) is 0.318. The fourth-order valence-corrected chi connectivity index (χ4v) is 3.84. The quantitative estimate of drug-likeness (QED) is 0.396. The van der Waals surface area contributed by atoms with Crippen molar-refractivity contribution in [3.05, 3.63) is 65.0 Å². The van der Waals surface area contributed by atoms with E-state index in [4.69, 9.17) is 4.42 Å². The van der Waals surface area contributed by atoms with Crippen LogP contribution in [0.1, 0.15) is 29.0 Å². The summed E-state index contributed by atoms with van der Waals surface area (Å²) in [6.07, 6.45) is 1.76. The molecule has 1 fully saturated rings. The van der Waals surface area contributed by atoms with Crippen LogP contribution >= 0.6 is 0 Å². The van der Waals surface area contributed by atoms with Crippen molar-refractivity contribution >= 4 is 23.1 Å². The molecule has 1 unspecified atom stereocenters. The summed E-state index contributed by atoms with van der Waals surface area (Å²) in [7, 11) is 3.79. The number of carbonyl (C=O) groups is 2.